The lowest BCUT2D eigenvalue weighted by Crippen LogP contribution is -2.12. The van der Waals surface area contributed by atoms with Crippen LogP contribution < -0.4 is 5.32 Å². The number of benzene rings is 2. The maximum Gasteiger partial charge on any atom is 0.255 e. The predicted octanol–water partition coefficient (Wildman–Crippen LogP) is 7.22. The van der Waals surface area contributed by atoms with Crippen molar-refractivity contribution in [3.63, 3.8) is 0 Å². The Morgan fingerprint density at radius 1 is 0.537 bits per heavy atom. The second kappa shape index (κ2) is 10.4. The molecule has 1 N–H and O–H groups in total. The highest BCUT2D eigenvalue weighted by Crippen LogP contribution is 2.31. The van der Waals surface area contributed by atoms with Crippen molar-refractivity contribution in [2.24, 2.45) is 0 Å². The number of nitrogens with one attached hydrogen (secondary N) is 1. The molecule has 1 amide bonds. The first-order valence-electron chi connectivity index (χ1n) is 13.1. The van der Waals surface area contributed by atoms with E-state index in [9.17, 15) is 4.79 Å². The molecule has 7 nitrogen and oxygen atoms in total. The number of carbonyl (C=O) groups excluding carboxylic acids is 1. The molecule has 0 fully saturated rings. The lowest BCUT2D eigenvalue weighted by Gasteiger charge is -2.12. The van der Waals surface area contributed by atoms with Crippen molar-refractivity contribution in [1.82, 2.24) is 24.9 Å². The Balaban J connectivity index is 1.23. The molecule has 7 aromatic rings. The quantitative estimate of drug-likeness (QED) is 0.236. The minimum Gasteiger partial charge on any atom is -0.321 e. The summed E-state index contributed by atoms with van der Waals surface area (Å²) in [7, 11) is 0. The molecule has 0 aliphatic carbocycles. The molecule has 0 saturated heterocycles. The van der Waals surface area contributed by atoms with Crippen molar-refractivity contribution in [1.29, 1.82) is 0 Å². The fourth-order valence-electron chi connectivity index (χ4n) is 4.88. The fourth-order valence-corrected chi connectivity index (χ4v) is 4.88. The van der Waals surface area contributed by atoms with Crippen LogP contribution in [-0.2, 0) is 0 Å². The van der Waals surface area contributed by atoms with E-state index in [1.54, 1.807) is 24.8 Å². The second-order valence-electron chi connectivity index (χ2n) is 9.49. The first kappa shape index (κ1) is 24.2. The Hall–Kier alpha value is -5.82. The van der Waals surface area contributed by atoms with Crippen LogP contribution in [0.1, 0.15) is 10.4 Å². The van der Waals surface area contributed by atoms with E-state index in [0.717, 1.165) is 55.7 Å². The first-order chi connectivity index (χ1) is 20.2. The lowest BCUT2D eigenvalue weighted by molar-refractivity contribution is 0.102. The van der Waals surface area contributed by atoms with Gasteiger partial charge in [-0.3, -0.25) is 24.7 Å². The molecule has 0 bridgehead atoms. The van der Waals surface area contributed by atoms with Gasteiger partial charge in [-0.05, 0) is 83.9 Å². The number of fused-ring (bicyclic) bond motifs is 3. The van der Waals surface area contributed by atoms with Gasteiger partial charge in [0, 0.05) is 41.1 Å². The minimum atomic E-state index is -0.206. The van der Waals surface area contributed by atoms with Crippen molar-refractivity contribution in [3.8, 4) is 33.9 Å². The smallest absolute Gasteiger partial charge is 0.255 e. The average molecular weight is 531 g/mol. The summed E-state index contributed by atoms with van der Waals surface area (Å²) < 4.78 is 0. The second-order valence-corrected chi connectivity index (χ2v) is 9.49. The van der Waals surface area contributed by atoms with Crippen LogP contribution in [0.15, 0.2) is 128 Å². The molecule has 0 aliphatic rings. The lowest BCUT2D eigenvalue weighted by atomic mass is 10.0. The minimum absolute atomic E-state index is 0.206. The van der Waals surface area contributed by atoms with Gasteiger partial charge in [0.1, 0.15) is 0 Å². The van der Waals surface area contributed by atoms with Gasteiger partial charge in [0.05, 0.1) is 39.5 Å². The molecule has 0 saturated carbocycles. The van der Waals surface area contributed by atoms with E-state index in [-0.39, 0.29) is 5.91 Å². The van der Waals surface area contributed by atoms with Crippen LogP contribution >= 0.6 is 0 Å². The van der Waals surface area contributed by atoms with Crippen LogP contribution in [0.3, 0.4) is 0 Å². The zero-order valence-electron chi connectivity index (χ0n) is 21.8. The van der Waals surface area contributed by atoms with Crippen molar-refractivity contribution in [3.05, 3.63) is 133 Å². The molecule has 5 heterocycles. The van der Waals surface area contributed by atoms with Crippen LogP contribution in [0.5, 0.6) is 0 Å². The number of anilines is 1. The zero-order valence-corrected chi connectivity index (χ0v) is 21.8. The monoisotopic (exact) mass is 530 g/mol. The summed E-state index contributed by atoms with van der Waals surface area (Å²) in [5.74, 6) is -0.206. The van der Waals surface area contributed by atoms with E-state index in [1.165, 1.54) is 0 Å². The number of carbonyl (C=O) groups is 1. The summed E-state index contributed by atoms with van der Waals surface area (Å²) in [4.78, 5) is 36.2. The van der Waals surface area contributed by atoms with E-state index >= 15 is 0 Å². The van der Waals surface area contributed by atoms with Gasteiger partial charge < -0.3 is 5.32 Å². The van der Waals surface area contributed by atoms with Crippen LogP contribution in [-0.4, -0.2) is 30.8 Å². The molecule has 0 unspecified atom stereocenters. The van der Waals surface area contributed by atoms with Crippen molar-refractivity contribution >= 4 is 33.4 Å². The van der Waals surface area contributed by atoms with Crippen LogP contribution in [0.4, 0.5) is 5.69 Å². The van der Waals surface area contributed by atoms with Gasteiger partial charge >= 0.3 is 0 Å². The Morgan fingerprint density at radius 2 is 1.17 bits per heavy atom. The van der Waals surface area contributed by atoms with Gasteiger partial charge in [-0.25, -0.2) is 4.98 Å². The van der Waals surface area contributed by atoms with E-state index in [0.29, 0.717) is 11.3 Å². The molecule has 0 atom stereocenters. The third kappa shape index (κ3) is 4.77. The molecule has 2 aromatic carbocycles. The van der Waals surface area contributed by atoms with E-state index in [4.69, 9.17) is 4.98 Å². The summed E-state index contributed by atoms with van der Waals surface area (Å²) in [6, 6.07) is 32.6. The number of amides is 1. The summed E-state index contributed by atoms with van der Waals surface area (Å²) in [6.07, 6.45) is 6.99. The van der Waals surface area contributed by atoms with Gasteiger partial charge in [0.2, 0.25) is 0 Å². The summed E-state index contributed by atoms with van der Waals surface area (Å²) in [5, 5.41) is 4.83. The first-order valence-corrected chi connectivity index (χ1v) is 13.1. The third-order valence-corrected chi connectivity index (χ3v) is 6.87. The number of hydrogen-bond acceptors (Lipinski definition) is 6. The Kier molecular flexibility index (Phi) is 6.14. The largest absolute Gasteiger partial charge is 0.321 e. The number of hydrogen-bond donors (Lipinski definition) is 1. The van der Waals surface area contributed by atoms with Crippen LogP contribution in [0.2, 0.25) is 0 Å². The van der Waals surface area contributed by atoms with Gasteiger partial charge in [-0.2, -0.15) is 0 Å². The summed E-state index contributed by atoms with van der Waals surface area (Å²) in [6.45, 7) is 0. The zero-order chi connectivity index (χ0) is 27.6. The van der Waals surface area contributed by atoms with Crippen molar-refractivity contribution < 1.29 is 4.79 Å². The number of aromatic nitrogens is 5. The number of pyridine rings is 5. The highest BCUT2D eigenvalue weighted by Gasteiger charge is 2.14. The fraction of sp³-hybridized carbons (Fsp3) is 0. The van der Waals surface area contributed by atoms with E-state index < -0.39 is 0 Å². The molecule has 7 heteroatoms. The number of nitrogens with zero attached hydrogens (tertiary/aromatic N) is 5. The molecule has 0 radical (unpaired) electrons. The molecular formula is C34H22N6O. The van der Waals surface area contributed by atoms with Crippen LogP contribution in [0, 0.1) is 0 Å². The van der Waals surface area contributed by atoms with Gasteiger partial charge in [0.15, 0.2) is 0 Å². The molecule has 0 aliphatic heterocycles. The molecule has 0 spiro atoms. The Labute approximate surface area is 235 Å². The molecule has 194 valence electrons. The molecular weight excluding hydrogens is 508 g/mol. The van der Waals surface area contributed by atoms with Crippen molar-refractivity contribution in [2.75, 3.05) is 5.32 Å². The predicted molar refractivity (Wildman–Crippen MR) is 161 cm³/mol. The topological polar surface area (TPSA) is 93.6 Å². The average Bonchev–Trinajstić information content (AvgIpc) is 3.05. The Bertz CT molecular complexity index is 1970. The van der Waals surface area contributed by atoms with Crippen LogP contribution in [0.25, 0.3) is 55.7 Å². The Morgan fingerprint density at radius 3 is 1.83 bits per heavy atom. The normalized spacial score (nSPS) is 11.0. The molecule has 5 aromatic heterocycles. The van der Waals surface area contributed by atoms with E-state index in [1.807, 2.05) is 103 Å². The molecule has 41 heavy (non-hydrogen) atoms. The number of rotatable bonds is 5. The summed E-state index contributed by atoms with van der Waals surface area (Å²) in [5.41, 5.74) is 7.73. The summed E-state index contributed by atoms with van der Waals surface area (Å²) >= 11 is 0. The van der Waals surface area contributed by atoms with Crippen molar-refractivity contribution in [2.45, 2.75) is 0 Å². The van der Waals surface area contributed by atoms with Gasteiger partial charge in [-0.15, -0.1) is 0 Å². The van der Waals surface area contributed by atoms with E-state index in [2.05, 4.69) is 25.3 Å². The SMILES string of the molecule is O=C(Nc1cc2cccnc2c2ncccc12)c1ccc(-c2cc(-c3ccccn3)nc(-c3ccccn3)c2)cc1. The van der Waals surface area contributed by atoms with Gasteiger partial charge in [-0.1, -0.05) is 30.3 Å². The standard InChI is InChI=1S/C34H22N6O/c41-34(40-29-19-24-7-5-17-37-32(24)33-26(29)8-6-18-38-33)23-13-11-22(12-14-23)25-20-30(27-9-1-3-15-35-27)39-31(21-25)28-10-2-4-16-36-28/h1-21H,(H,40,41). The highest BCUT2D eigenvalue weighted by molar-refractivity contribution is 6.14. The maximum absolute atomic E-state index is 13.3. The molecule has 7 rings (SSSR count). The highest BCUT2D eigenvalue weighted by atomic mass is 16.1. The van der Waals surface area contributed by atoms with Gasteiger partial charge in [0.25, 0.3) is 5.91 Å². The maximum atomic E-state index is 13.3. The third-order valence-electron chi connectivity index (χ3n) is 6.87.